The van der Waals surface area contributed by atoms with Crippen LogP contribution in [0.4, 0.5) is 11.6 Å². The Balaban J connectivity index is 1.20. The number of benzene rings is 1. The Hall–Kier alpha value is -4.65. The Morgan fingerprint density at radius 2 is 1.88 bits per heavy atom. The van der Waals surface area contributed by atoms with Crippen molar-refractivity contribution in [3.63, 3.8) is 0 Å². The van der Waals surface area contributed by atoms with E-state index in [1.54, 1.807) is 36.4 Å². The van der Waals surface area contributed by atoms with E-state index in [0.717, 1.165) is 37.4 Å². The van der Waals surface area contributed by atoms with Crippen LogP contribution in [0.1, 0.15) is 32.2 Å². The molecule has 0 aliphatic carbocycles. The van der Waals surface area contributed by atoms with E-state index in [1.807, 2.05) is 17.0 Å². The third-order valence-electron chi connectivity index (χ3n) is 7.56. The van der Waals surface area contributed by atoms with Gasteiger partial charge in [0, 0.05) is 39.0 Å². The average Bonchev–Trinajstić information content (AvgIpc) is 3.78. The van der Waals surface area contributed by atoms with E-state index < -0.39 is 6.04 Å². The largest absolute Gasteiger partial charge is 0.491 e. The lowest BCUT2D eigenvalue weighted by Crippen LogP contribution is -2.50. The van der Waals surface area contributed by atoms with Crippen LogP contribution in [0.25, 0.3) is 28.3 Å². The van der Waals surface area contributed by atoms with Crippen molar-refractivity contribution in [2.75, 3.05) is 57.1 Å². The van der Waals surface area contributed by atoms with E-state index in [1.165, 1.54) is 4.52 Å². The highest BCUT2D eigenvalue weighted by Crippen LogP contribution is 2.28. The first-order valence-corrected chi connectivity index (χ1v) is 14.3. The van der Waals surface area contributed by atoms with Crippen LogP contribution in [0.2, 0.25) is 0 Å². The van der Waals surface area contributed by atoms with Crippen molar-refractivity contribution in [3.8, 4) is 17.3 Å². The molecule has 5 aromatic rings. The molecule has 5 heterocycles. The average molecular weight is 574 g/mol. The Kier molecular flexibility index (Phi) is 7.91. The number of rotatable bonds is 11. The van der Waals surface area contributed by atoms with Gasteiger partial charge in [0.2, 0.25) is 17.7 Å². The number of carbonyl (C=O) groups is 1. The van der Waals surface area contributed by atoms with E-state index in [9.17, 15) is 4.79 Å². The second-order valence-electron chi connectivity index (χ2n) is 10.3. The van der Waals surface area contributed by atoms with Crippen LogP contribution in [0, 0.1) is 0 Å². The summed E-state index contributed by atoms with van der Waals surface area (Å²) in [5.41, 5.74) is 8.44. The number of fused-ring (bicyclic) bond motifs is 3. The van der Waals surface area contributed by atoms with E-state index >= 15 is 0 Å². The molecule has 0 radical (unpaired) electrons. The zero-order chi connectivity index (χ0) is 29.1. The number of carbonyl (C=O) groups excluding carboxylic acids is 1. The second-order valence-corrected chi connectivity index (χ2v) is 10.3. The van der Waals surface area contributed by atoms with Crippen molar-refractivity contribution >= 4 is 34.2 Å². The molecule has 1 unspecified atom stereocenters. The molecule has 220 valence electrons. The molecule has 1 amide bonds. The fourth-order valence-corrected chi connectivity index (χ4v) is 5.30. The summed E-state index contributed by atoms with van der Waals surface area (Å²) in [4.78, 5) is 27.5. The summed E-state index contributed by atoms with van der Waals surface area (Å²) >= 11 is 0. The first-order valence-electron chi connectivity index (χ1n) is 14.3. The lowest BCUT2D eigenvalue weighted by atomic mass is 10.1. The quantitative estimate of drug-likeness (QED) is 0.234. The predicted octanol–water partition coefficient (Wildman–Crippen LogP) is 3.42. The lowest BCUT2D eigenvalue weighted by Gasteiger charge is -2.37. The van der Waals surface area contributed by atoms with Crippen molar-refractivity contribution < 1.29 is 18.7 Å². The summed E-state index contributed by atoms with van der Waals surface area (Å²) < 4.78 is 19.4. The number of amides is 1. The summed E-state index contributed by atoms with van der Waals surface area (Å²) in [5.74, 6) is 1.94. The topological polar surface area (TPSA) is 142 Å². The molecule has 1 saturated heterocycles. The number of hydrogen-bond acceptors (Lipinski definition) is 10. The molecule has 4 aromatic heterocycles. The van der Waals surface area contributed by atoms with Gasteiger partial charge in [-0.1, -0.05) is 19.8 Å². The number of methoxy groups -OCH3 is 1. The second kappa shape index (κ2) is 12.1. The first kappa shape index (κ1) is 27.5. The van der Waals surface area contributed by atoms with Gasteiger partial charge in [0.1, 0.15) is 18.4 Å². The first-order chi connectivity index (χ1) is 20.6. The van der Waals surface area contributed by atoms with Crippen LogP contribution in [0.3, 0.4) is 0 Å². The fourth-order valence-electron chi connectivity index (χ4n) is 5.30. The van der Waals surface area contributed by atoms with Gasteiger partial charge in [-0.05, 0) is 42.8 Å². The van der Waals surface area contributed by atoms with Crippen molar-refractivity contribution in [1.29, 1.82) is 0 Å². The molecular formula is C29H35N9O4. The van der Waals surface area contributed by atoms with Gasteiger partial charge in [-0.2, -0.15) is 14.6 Å². The standard InChI is InChI=1S/C29H35N9O4/c1-3-4-6-23(28(39)36-14-12-35(13-15-36)20-8-10-21(11-9-20)41-18-17-40-2)37-27-22(19-31-37)26-32-25(24-7-5-16-42-24)34-38(26)29(30)33-27/h5,7-11,16,19,23H,3-4,6,12-15,17-18H2,1-2H3,(H2,30,33). The number of unbranched alkanes of at least 4 members (excludes halogenated alkanes) is 1. The lowest BCUT2D eigenvalue weighted by molar-refractivity contribution is -0.135. The third kappa shape index (κ3) is 5.34. The maximum atomic E-state index is 14.0. The van der Waals surface area contributed by atoms with Crippen LogP contribution in [-0.4, -0.2) is 86.7 Å². The maximum Gasteiger partial charge on any atom is 0.247 e. The number of nitrogens with zero attached hydrogens (tertiary/aromatic N) is 8. The van der Waals surface area contributed by atoms with Crippen molar-refractivity contribution in [2.45, 2.75) is 32.2 Å². The zero-order valence-corrected chi connectivity index (χ0v) is 23.8. The number of piperazine rings is 1. The van der Waals surface area contributed by atoms with Crippen molar-refractivity contribution in [1.82, 2.24) is 34.3 Å². The molecule has 1 aliphatic rings. The van der Waals surface area contributed by atoms with Gasteiger partial charge in [0.15, 0.2) is 17.1 Å². The molecule has 0 saturated carbocycles. The minimum absolute atomic E-state index is 0.0352. The van der Waals surface area contributed by atoms with Crippen molar-refractivity contribution in [3.05, 3.63) is 48.9 Å². The minimum atomic E-state index is -0.501. The highest BCUT2D eigenvalue weighted by Gasteiger charge is 2.31. The van der Waals surface area contributed by atoms with E-state index in [0.29, 0.717) is 61.0 Å². The van der Waals surface area contributed by atoms with Gasteiger partial charge in [-0.15, -0.1) is 5.10 Å². The van der Waals surface area contributed by atoms with Gasteiger partial charge >= 0.3 is 0 Å². The van der Waals surface area contributed by atoms with Crippen LogP contribution < -0.4 is 15.4 Å². The Labute approximate surface area is 242 Å². The zero-order valence-electron chi connectivity index (χ0n) is 23.8. The van der Waals surface area contributed by atoms with E-state index in [-0.39, 0.29) is 11.9 Å². The van der Waals surface area contributed by atoms with Crippen LogP contribution in [0.5, 0.6) is 5.75 Å². The molecular weight excluding hydrogens is 538 g/mol. The summed E-state index contributed by atoms with van der Waals surface area (Å²) in [6, 6.07) is 11.1. The van der Waals surface area contributed by atoms with E-state index in [4.69, 9.17) is 19.6 Å². The monoisotopic (exact) mass is 573 g/mol. The highest BCUT2D eigenvalue weighted by molar-refractivity contribution is 5.92. The van der Waals surface area contributed by atoms with Gasteiger partial charge in [0.05, 0.1) is 24.5 Å². The third-order valence-corrected chi connectivity index (χ3v) is 7.56. The molecule has 1 atom stereocenters. The Bertz CT molecular complexity index is 1640. The molecule has 13 heteroatoms. The summed E-state index contributed by atoms with van der Waals surface area (Å²) in [5, 5.41) is 9.78. The predicted molar refractivity (Wildman–Crippen MR) is 157 cm³/mol. The molecule has 42 heavy (non-hydrogen) atoms. The van der Waals surface area contributed by atoms with Gasteiger partial charge < -0.3 is 29.4 Å². The molecule has 13 nitrogen and oxygen atoms in total. The summed E-state index contributed by atoms with van der Waals surface area (Å²) in [6.07, 6.45) is 5.73. The molecule has 1 aromatic carbocycles. The van der Waals surface area contributed by atoms with Crippen LogP contribution in [0.15, 0.2) is 53.3 Å². The normalized spacial score (nSPS) is 14.6. The maximum absolute atomic E-state index is 14.0. The number of anilines is 2. The smallest absolute Gasteiger partial charge is 0.247 e. The fraction of sp³-hybridized carbons (Fsp3) is 0.414. The number of ether oxygens (including phenoxy) is 2. The molecule has 2 N–H and O–H groups in total. The molecule has 6 rings (SSSR count). The minimum Gasteiger partial charge on any atom is -0.491 e. The van der Waals surface area contributed by atoms with Crippen LogP contribution >= 0.6 is 0 Å². The van der Waals surface area contributed by atoms with E-state index in [2.05, 4.69) is 44.1 Å². The molecule has 1 fully saturated rings. The molecule has 0 bridgehead atoms. The van der Waals surface area contributed by atoms with Gasteiger partial charge in [-0.25, -0.2) is 9.67 Å². The number of furan rings is 1. The summed E-state index contributed by atoms with van der Waals surface area (Å²) in [6.45, 7) is 5.87. The number of nitrogens with two attached hydrogens (primary N) is 1. The highest BCUT2D eigenvalue weighted by atomic mass is 16.5. The number of aromatic nitrogens is 6. The molecule has 1 aliphatic heterocycles. The van der Waals surface area contributed by atoms with Gasteiger partial charge in [0.25, 0.3) is 0 Å². The summed E-state index contributed by atoms with van der Waals surface area (Å²) in [7, 11) is 1.65. The Morgan fingerprint density at radius 3 is 2.60 bits per heavy atom. The van der Waals surface area contributed by atoms with Crippen LogP contribution in [-0.2, 0) is 9.53 Å². The number of nitrogen functional groups attached to an aromatic ring is 1. The number of hydrogen-bond donors (Lipinski definition) is 1. The SMILES string of the molecule is CCCCC(C(=O)N1CCN(c2ccc(OCCOC)cc2)CC1)n1ncc2c1nc(N)n1nc(-c3ccco3)nc21. The van der Waals surface area contributed by atoms with Gasteiger partial charge in [-0.3, -0.25) is 4.79 Å². The van der Waals surface area contributed by atoms with Crippen molar-refractivity contribution in [2.24, 2.45) is 0 Å². The molecule has 0 spiro atoms. The Morgan fingerprint density at radius 1 is 1.07 bits per heavy atom.